The van der Waals surface area contributed by atoms with Gasteiger partial charge in [-0.25, -0.2) is 0 Å². The third-order valence-electron chi connectivity index (χ3n) is 0.950. The van der Waals surface area contributed by atoms with Crippen molar-refractivity contribution in [2.75, 3.05) is 0 Å². The van der Waals surface area contributed by atoms with Crippen LogP contribution >= 0.6 is 0 Å². The van der Waals surface area contributed by atoms with Crippen LogP contribution in [0.4, 0.5) is 0 Å². The molecule has 0 spiro atoms. The summed E-state index contributed by atoms with van der Waals surface area (Å²) in [6, 6.07) is 0. The quantitative estimate of drug-likeness (QED) is 0.604. The summed E-state index contributed by atoms with van der Waals surface area (Å²) in [4.78, 5) is 0. The Morgan fingerprint density at radius 1 is 1.43 bits per heavy atom. The van der Waals surface area contributed by atoms with Crippen LogP contribution in [0.2, 0.25) is 10.6 Å². The van der Waals surface area contributed by atoms with Crippen LogP contribution in [-0.4, -0.2) is 25.0 Å². The first-order valence-electron chi connectivity index (χ1n) is 2.45. The van der Waals surface area contributed by atoms with Crippen LogP contribution in [0.1, 0.15) is 12.8 Å². The first-order chi connectivity index (χ1) is 3.39. The van der Waals surface area contributed by atoms with Crippen LogP contribution in [0.25, 0.3) is 0 Å². The van der Waals surface area contributed by atoms with Crippen LogP contribution < -0.4 is 0 Å². The summed E-state index contributed by atoms with van der Waals surface area (Å²) >= 11 is 0.135. The van der Waals surface area contributed by atoms with E-state index in [2.05, 4.69) is 0 Å². The summed E-state index contributed by atoms with van der Waals surface area (Å²) in [5, 5.41) is 2.72. The van der Waals surface area contributed by atoms with Crippen LogP contribution in [0.5, 0.6) is 0 Å². The van der Waals surface area contributed by atoms with Crippen LogP contribution in [-0.2, 0) is 0 Å². The molecular formula is C4H9NSe2. The molecule has 0 radical (unpaired) electrons. The Balaban J connectivity index is 2.25. The Kier molecular flexibility index (Phi) is 2.54. The van der Waals surface area contributed by atoms with Gasteiger partial charge in [0.05, 0.1) is 0 Å². The predicted molar refractivity (Wildman–Crippen MR) is 33.1 cm³/mol. The second kappa shape index (κ2) is 2.98. The van der Waals surface area contributed by atoms with Crippen molar-refractivity contribution in [3.63, 3.8) is 0 Å². The number of rotatable bonds is 0. The van der Waals surface area contributed by atoms with Crippen molar-refractivity contribution in [3.05, 3.63) is 0 Å². The molecule has 1 aliphatic rings. The molecule has 0 aromatic rings. The first kappa shape index (κ1) is 5.97. The van der Waals surface area contributed by atoms with Crippen molar-refractivity contribution < 1.29 is 0 Å². The molecule has 0 aromatic heterocycles. The topological polar surface area (TPSA) is 23.9 Å². The molecule has 1 saturated heterocycles. The van der Waals surface area contributed by atoms with Crippen LogP contribution in [0.3, 0.4) is 0 Å². The van der Waals surface area contributed by atoms with Gasteiger partial charge in [-0.2, -0.15) is 0 Å². The van der Waals surface area contributed by atoms with Crippen molar-refractivity contribution in [2.45, 2.75) is 23.5 Å². The minimum absolute atomic E-state index is 0.669. The number of hydrogen-bond acceptors (Lipinski definition) is 1. The van der Waals surface area contributed by atoms with Crippen LogP contribution in [0, 0.1) is 4.38 Å². The number of nitrogens with one attached hydrogen (secondary N) is 1. The Hall–Kier alpha value is 0.839. The fourth-order valence-corrected chi connectivity index (χ4v) is 8.92. The third kappa shape index (κ3) is 2.05. The molecule has 1 atom stereocenters. The molecule has 1 aliphatic heterocycles. The summed E-state index contributed by atoms with van der Waals surface area (Å²) in [5.74, 6) is 0. The van der Waals surface area contributed by atoms with E-state index in [0.717, 1.165) is 13.1 Å². The summed E-state index contributed by atoms with van der Waals surface area (Å²) in [6.07, 6.45) is 2.80. The maximum absolute atomic E-state index is 7.42. The molecule has 42 valence electrons. The molecule has 7 heavy (non-hydrogen) atoms. The van der Waals surface area contributed by atoms with E-state index in [1.807, 2.05) is 0 Å². The molecule has 3 heteroatoms. The van der Waals surface area contributed by atoms with Gasteiger partial charge in [-0.05, 0) is 0 Å². The molecule has 0 amide bonds. The summed E-state index contributed by atoms with van der Waals surface area (Å²) < 4.78 is 7.42. The van der Waals surface area contributed by atoms with Gasteiger partial charge in [-0.1, -0.05) is 0 Å². The Labute approximate surface area is 53.1 Å². The van der Waals surface area contributed by atoms with E-state index in [0.29, 0.717) is 0 Å². The van der Waals surface area contributed by atoms with E-state index >= 15 is 0 Å². The summed E-state index contributed by atoms with van der Waals surface area (Å²) in [6.45, 7) is 0. The van der Waals surface area contributed by atoms with Crippen molar-refractivity contribution in [3.8, 4) is 0 Å². The van der Waals surface area contributed by atoms with E-state index in [4.69, 9.17) is 4.38 Å². The molecule has 1 N–H and O–H groups in total. The van der Waals surface area contributed by atoms with Gasteiger partial charge in [0.2, 0.25) is 0 Å². The average molecular weight is 229 g/mol. The van der Waals surface area contributed by atoms with Crippen molar-refractivity contribution in [1.29, 1.82) is 4.38 Å². The van der Waals surface area contributed by atoms with E-state index < -0.39 is 11.9 Å². The molecule has 1 rings (SSSR count). The minimum atomic E-state index is -0.669. The second-order valence-corrected chi connectivity index (χ2v) is 12.2. The molecule has 0 aromatic carbocycles. The Morgan fingerprint density at radius 3 is 2.57 bits per heavy atom. The molecule has 1 nitrogen and oxygen atoms in total. The average Bonchev–Trinajstić information content (AvgIpc) is 1.69. The Bertz CT molecular complexity index is 73.8. The van der Waals surface area contributed by atoms with E-state index in [9.17, 15) is 0 Å². The van der Waals surface area contributed by atoms with Gasteiger partial charge in [-0.15, -0.1) is 0 Å². The monoisotopic (exact) mass is 231 g/mol. The predicted octanol–water partition coefficient (Wildman–Crippen LogP) is 1.24. The second-order valence-electron chi connectivity index (χ2n) is 1.58. The van der Waals surface area contributed by atoms with Gasteiger partial charge in [0.25, 0.3) is 0 Å². The Morgan fingerprint density at radius 2 is 2.29 bits per heavy atom. The third-order valence-corrected chi connectivity index (χ3v) is 10.6. The van der Waals surface area contributed by atoms with E-state index in [1.54, 1.807) is 0 Å². The van der Waals surface area contributed by atoms with Gasteiger partial charge < -0.3 is 0 Å². The van der Waals surface area contributed by atoms with E-state index in [1.165, 1.54) is 23.5 Å². The molecule has 0 saturated carbocycles. The zero-order valence-electron chi connectivity index (χ0n) is 4.14. The zero-order chi connectivity index (χ0) is 5.11. The van der Waals surface area contributed by atoms with Crippen LogP contribution in [0.15, 0.2) is 0 Å². The SMILES string of the molecule is N=[Se]1CCCC[Se]1. The fraction of sp³-hybridized carbons (Fsp3) is 1.00. The molecule has 1 fully saturated rings. The molecular weight excluding hydrogens is 220 g/mol. The first-order valence-corrected chi connectivity index (χ1v) is 10.1. The number of hydrogen-bond donors (Lipinski definition) is 1. The zero-order valence-corrected chi connectivity index (χ0v) is 7.57. The van der Waals surface area contributed by atoms with Crippen molar-refractivity contribution >= 4 is 25.0 Å². The normalized spacial score (nSPS) is 32.9. The molecule has 1 heterocycles. The van der Waals surface area contributed by atoms with Crippen molar-refractivity contribution in [1.82, 2.24) is 0 Å². The standard InChI is InChI=1S/C4H9NSe2/c5-7-4-2-1-3-6-7/h5H,1-4H2. The summed E-state index contributed by atoms with van der Waals surface area (Å²) in [5.41, 5.74) is 0. The fourth-order valence-electron chi connectivity index (χ4n) is 0.554. The van der Waals surface area contributed by atoms with Gasteiger partial charge in [0.15, 0.2) is 0 Å². The molecule has 0 bridgehead atoms. The van der Waals surface area contributed by atoms with Gasteiger partial charge in [0.1, 0.15) is 0 Å². The molecule has 0 aliphatic carbocycles. The van der Waals surface area contributed by atoms with E-state index in [-0.39, 0.29) is 0 Å². The van der Waals surface area contributed by atoms with Gasteiger partial charge in [-0.3, -0.25) is 0 Å². The van der Waals surface area contributed by atoms with Gasteiger partial charge in [0, 0.05) is 0 Å². The van der Waals surface area contributed by atoms with Gasteiger partial charge >= 0.3 is 52.9 Å². The summed E-state index contributed by atoms with van der Waals surface area (Å²) in [7, 11) is 0. The maximum atomic E-state index is 7.42. The van der Waals surface area contributed by atoms with Crippen molar-refractivity contribution in [2.24, 2.45) is 0 Å². The molecule has 1 unspecified atom stereocenters.